The van der Waals surface area contributed by atoms with Crippen molar-refractivity contribution in [2.45, 2.75) is 19.0 Å². The number of rotatable bonds is 4. The first kappa shape index (κ1) is 16.1. The van der Waals surface area contributed by atoms with Gasteiger partial charge in [-0.1, -0.05) is 36.4 Å². The third-order valence-corrected chi connectivity index (χ3v) is 5.76. The van der Waals surface area contributed by atoms with Crippen molar-refractivity contribution in [2.75, 3.05) is 7.11 Å². The van der Waals surface area contributed by atoms with Crippen LogP contribution in [-0.2, 0) is 20.9 Å². The summed E-state index contributed by atoms with van der Waals surface area (Å²) in [6.45, 7) is 0.510. The molecule has 3 heterocycles. The number of hydrogen-bond acceptors (Lipinski definition) is 4. The van der Waals surface area contributed by atoms with Crippen LogP contribution in [0.2, 0.25) is 0 Å². The lowest BCUT2D eigenvalue weighted by Gasteiger charge is -2.47. The van der Waals surface area contributed by atoms with Gasteiger partial charge in [-0.2, -0.15) is 11.3 Å². The van der Waals surface area contributed by atoms with Crippen LogP contribution in [0, 0.1) is 11.8 Å². The van der Waals surface area contributed by atoms with Crippen LogP contribution in [0.5, 0.6) is 0 Å². The fourth-order valence-electron chi connectivity index (χ4n) is 3.94. The molecule has 1 amide bonds. The van der Waals surface area contributed by atoms with Gasteiger partial charge in [0, 0.05) is 6.54 Å². The number of benzene rings is 1. The fraction of sp³-hybridized carbons (Fsp3) is 0.300. The molecule has 0 saturated carbocycles. The van der Waals surface area contributed by atoms with Gasteiger partial charge in [0.15, 0.2) is 0 Å². The lowest BCUT2D eigenvalue weighted by molar-refractivity contribution is -0.155. The molecule has 128 valence electrons. The van der Waals surface area contributed by atoms with Crippen molar-refractivity contribution in [1.29, 1.82) is 0 Å². The quantitative estimate of drug-likeness (QED) is 0.792. The van der Waals surface area contributed by atoms with Gasteiger partial charge < -0.3 is 9.64 Å². The number of amides is 1. The minimum absolute atomic E-state index is 0.105. The highest BCUT2D eigenvalue weighted by Crippen LogP contribution is 2.44. The SMILES string of the molecule is COC(=O)C1CC2C=C(c3ccsc3)C1N(Cc1ccccc1)C2=O. The molecule has 1 saturated heterocycles. The molecule has 5 heteroatoms. The molecule has 1 fully saturated rings. The molecule has 3 aliphatic rings. The second-order valence-corrected chi connectivity index (χ2v) is 7.28. The van der Waals surface area contributed by atoms with Gasteiger partial charge >= 0.3 is 5.97 Å². The summed E-state index contributed by atoms with van der Waals surface area (Å²) in [5.41, 5.74) is 3.24. The molecular formula is C20H19NO3S. The molecule has 2 bridgehead atoms. The third kappa shape index (κ3) is 2.78. The first-order valence-corrected chi connectivity index (χ1v) is 9.30. The van der Waals surface area contributed by atoms with Crippen molar-refractivity contribution in [3.05, 3.63) is 64.4 Å². The predicted octanol–water partition coefficient (Wildman–Crippen LogP) is 3.35. The van der Waals surface area contributed by atoms with E-state index in [4.69, 9.17) is 4.74 Å². The Kier molecular flexibility index (Phi) is 4.17. The van der Waals surface area contributed by atoms with E-state index in [9.17, 15) is 9.59 Å². The maximum absolute atomic E-state index is 12.9. The summed E-state index contributed by atoms with van der Waals surface area (Å²) in [5, 5.41) is 4.10. The van der Waals surface area contributed by atoms with E-state index >= 15 is 0 Å². The number of esters is 1. The number of ether oxygens (including phenoxy) is 1. The van der Waals surface area contributed by atoms with E-state index in [1.54, 1.807) is 11.3 Å². The Morgan fingerprint density at radius 2 is 2.08 bits per heavy atom. The monoisotopic (exact) mass is 353 g/mol. The van der Waals surface area contributed by atoms with E-state index in [0.717, 1.165) is 16.7 Å². The third-order valence-electron chi connectivity index (χ3n) is 5.08. The van der Waals surface area contributed by atoms with Crippen molar-refractivity contribution in [3.63, 3.8) is 0 Å². The zero-order chi connectivity index (χ0) is 17.4. The minimum atomic E-state index is -0.309. The standard InChI is InChI=1S/C20H19NO3S/c1-24-20(23)17-10-15-9-16(14-7-8-25-12-14)18(17)21(19(15)22)11-13-5-3-2-4-6-13/h2-9,12,15,17-18H,10-11H2,1H3. The normalized spacial score (nSPS) is 25.0. The van der Waals surface area contributed by atoms with Gasteiger partial charge in [0.25, 0.3) is 0 Å². The van der Waals surface area contributed by atoms with Crippen LogP contribution < -0.4 is 0 Å². The van der Waals surface area contributed by atoms with Crippen LogP contribution in [0.15, 0.2) is 53.2 Å². The molecule has 5 rings (SSSR count). The molecule has 1 aromatic heterocycles. The Bertz CT molecular complexity index is 813. The van der Waals surface area contributed by atoms with E-state index in [0.29, 0.717) is 13.0 Å². The van der Waals surface area contributed by atoms with Gasteiger partial charge in [-0.25, -0.2) is 0 Å². The second-order valence-electron chi connectivity index (χ2n) is 6.50. The zero-order valence-corrected chi connectivity index (χ0v) is 14.7. The summed E-state index contributed by atoms with van der Waals surface area (Å²) in [6, 6.07) is 11.7. The zero-order valence-electron chi connectivity index (χ0n) is 13.9. The Balaban J connectivity index is 1.75. The summed E-state index contributed by atoms with van der Waals surface area (Å²) in [4.78, 5) is 27.1. The van der Waals surface area contributed by atoms with Crippen LogP contribution in [0.4, 0.5) is 0 Å². The Morgan fingerprint density at radius 3 is 2.76 bits per heavy atom. The molecule has 4 nitrogen and oxygen atoms in total. The molecule has 0 spiro atoms. The molecular weight excluding hydrogens is 334 g/mol. The lowest BCUT2D eigenvalue weighted by Crippen LogP contribution is -2.57. The summed E-state index contributed by atoms with van der Waals surface area (Å²) in [5.74, 6) is -0.696. The Labute approximate surface area is 150 Å². The van der Waals surface area contributed by atoms with E-state index in [1.165, 1.54) is 7.11 Å². The van der Waals surface area contributed by atoms with Gasteiger partial charge in [0.1, 0.15) is 0 Å². The highest BCUT2D eigenvalue weighted by Gasteiger charge is 2.50. The largest absolute Gasteiger partial charge is 0.469 e. The van der Waals surface area contributed by atoms with Crippen molar-refractivity contribution in [3.8, 4) is 0 Å². The van der Waals surface area contributed by atoms with Crippen molar-refractivity contribution in [1.82, 2.24) is 4.90 Å². The Hall–Kier alpha value is -2.40. The molecule has 3 unspecified atom stereocenters. The van der Waals surface area contributed by atoms with Crippen molar-refractivity contribution in [2.24, 2.45) is 11.8 Å². The molecule has 1 aliphatic carbocycles. The number of carbonyl (C=O) groups excluding carboxylic acids is 2. The van der Waals surface area contributed by atoms with Crippen molar-refractivity contribution >= 4 is 28.8 Å². The smallest absolute Gasteiger partial charge is 0.311 e. The topological polar surface area (TPSA) is 46.6 Å². The fourth-order valence-corrected chi connectivity index (χ4v) is 4.60. The Morgan fingerprint density at radius 1 is 1.28 bits per heavy atom. The molecule has 2 aromatic rings. The van der Waals surface area contributed by atoms with Crippen LogP contribution in [0.3, 0.4) is 0 Å². The average molecular weight is 353 g/mol. The van der Waals surface area contributed by atoms with E-state index < -0.39 is 0 Å². The number of carbonyl (C=O) groups is 2. The number of thiophene rings is 1. The van der Waals surface area contributed by atoms with Gasteiger partial charge in [-0.15, -0.1) is 0 Å². The van der Waals surface area contributed by atoms with E-state index in [-0.39, 0.29) is 29.8 Å². The predicted molar refractivity (Wildman–Crippen MR) is 96.7 cm³/mol. The average Bonchev–Trinajstić information content (AvgIpc) is 3.19. The van der Waals surface area contributed by atoms with Gasteiger partial charge in [0.05, 0.1) is 25.0 Å². The maximum atomic E-state index is 12.9. The van der Waals surface area contributed by atoms with Crippen LogP contribution in [-0.4, -0.2) is 29.9 Å². The van der Waals surface area contributed by atoms with Gasteiger partial charge in [-0.05, 0) is 39.9 Å². The molecule has 25 heavy (non-hydrogen) atoms. The first-order valence-electron chi connectivity index (χ1n) is 8.35. The van der Waals surface area contributed by atoms with Crippen LogP contribution in [0.1, 0.15) is 17.5 Å². The van der Waals surface area contributed by atoms with Gasteiger partial charge in [-0.3, -0.25) is 9.59 Å². The van der Waals surface area contributed by atoms with Crippen molar-refractivity contribution < 1.29 is 14.3 Å². The van der Waals surface area contributed by atoms with Gasteiger partial charge in [0.2, 0.25) is 5.91 Å². The lowest BCUT2D eigenvalue weighted by atomic mass is 9.71. The summed E-state index contributed by atoms with van der Waals surface area (Å²) in [6.07, 6.45) is 2.59. The first-order chi connectivity index (χ1) is 12.2. The molecule has 1 aromatic carbocycles. The number of hydrogen-bond donors (Lipinski definition) is 0. The number of fused-ring (bicyclic) bond motifs is 2. The van der Waals surface area contributed by atoms with Crippen LogP contribution >= 0.6 is 11.3 Å². The summed E-state index contributed by atoms with van der Waals surface area (Å²) < 4.78 is 5.04. The summed E-state index contributed by atoms with van der Waals surface area (Å²) in [7, 11) is 1.42. The van der Waals surface area contributed by atoms with E-state index in [2.05, 4.69) is 17.5 Å². The molecule has 2 aliphatic heterocycles. The van der Waals surface area contributed by atoms with E-state index in [1.807, 2.05) is 40.6 Å². The van der Waals surface area contributed by atoms with Crippen LogP contribution in [0.25, 0.3) is 5.57 Å². The maximum Gasteiger partial charge on any atom is 0.311 e. The highest BCUT2D eigenvalue weighted by molar-refractivity contribution is 7.08. The number of methoxy groups -OCH3 is 1. The number of piperidine rings is 1. The molecule has 0 N–H and O–H groups in total. The molecule has 0 radical (unpaired) electrons. The molecule has 3 atom stereocenters. The second kappa shape index (κ2) is 6.48. The highest BCUT2D eigenvalue weighted by atomic mass is 32.1. The summed E-state index contributed by atoms with van der Waals surface area (Å²) >= 11 is 1.62. The number of nitrogens with zero attached hydrogens (tertiary/aromatic N) is 1. The minimum Gasteiger partial charge on any atom is -0.469 e.